The fourth-order valence-corrected chi connectivity index (χ4v) is 1.50. The Labute approximate surface area is 100.0 Å². The van der Waals surface area contributed by atoms with Crippen LogP contribution in [0.15, 0.2) is 18.2 Å². The number of para-hydroxylation sites is 1. The van der Waals surface area contributed by atoms with Gasteiger partial charge >= 0.3 is 0 Å². The average molecular weight is 240 g/mol. The normalized spacial score (nSPS) is 12.2. The molecule has 0 saturated carbocycles. The van der Waals surface area contributed by atoms with Crippen molar-refractivity contribution in [3.8, 4) is 5.75 Å². The van der Waals surface area contributed by atoms with Crippen LogP contribution < -0.4 is 15.8 Å². The van der Waals surface area contributed by atoms with E-state index in [2.05, 4.69) is 5.32 Å². The zero-order valence-corrected chi connectivity index (χ0v) is 10.00. The number of hydrogen-bond donors (Lipinski definition) is 2. The summed E-state index contributed by atoms with van der Waals surface area (Å²) in [4.78, 5) is 11.1. The number of amides is 1. The number of benzene rings is 1. The Morgan fingerprint density at radius 3 is 2.82 bits per heavy atom. The molecule has 0 fully saturated rings. The van der Waals surface area contributed by atoms with E-state index >= 15 is 0 Å². The lowest BCUT2D eigenvalue weighted by Crippen LogP contribution is -2.33. The van der Waals surface area contributed by atoms with Gasteiger partial charge in [-0.25, -0.2) is 4.39 Å². The van der Waals surface area contributed by atoms with Gasteiger partial charge in [-0.3, -0.25) is 4.79 Å². The topological polar surface area (TPSA) is 64.3 Å². The van der Waals surface area contributed by atoms with Crippen molar-refractivity contribution in [1.82, 2.24) is 5.32 Å². The maximum atomic E-state index is 13.6. The minimum Gasteiger partial charge on any atom is -0.477 e. The first-order chi connectivity index (χ1) is 8.10. The molecule has 0 radical (unpaired) electrons. The van der Waals surface area contributed by atoms with Crippen molar-refractivity contribution >= 4 is 5.91 Å². The molecular weight excluding hydrogens is 223 g/mol. The molecule has 0 bridgehead atoms. The van der Waals surface area contributed by atoms with E-state index in [1.807, 2.05) is 0 Å². The number of nitrogens with one attached hydrogen (secondary N) is 1. The van der Waals surface area contributed by atoms with Crippen LogP contribution in [0.3, 0.4) is 0 Å². The highest BCUT2D eigenvalue weighted by molar-refractivity contribution is 5.79. The first-order valence-corrected chi connectivity index (χ1v) is 5.48. The molecule has 1 amide bonds. The van der Waals surface area contributed by atoms with Gasteiger partial charge in [-0.15, -0.1) is 0 Å². The van der Waals surface area contributed by atoms with Gasteiger partial charge in [-0.05, 0) is 19.5 Å². The van der Waals surface area contributed by atoms with Crippen molar-refractivity contribution in [1.29, 1.82) is 0 Å². The zero-order chi connectivity index (χ0) is 12.8. The monoisotopic (exact) mass is 240 g/mol. The first kappa shape index (κ1) is 13.4. The molecule has 0 aliphatic rings. The number of nitrogens with two attached hydrogens (primary N) is 1. The molecule has 17 heavy (non-hydrogen) atoms. The van der Waals surface area contributed by atoms with Crippen LogP contribution in [0.2, 0.25) is 0 Å². The molecule has 0 aliphatic carbocycles. The number of ether oxygens (including phenoxy) is 1. The lowest BCUT2D eigenvalue weighted by molar-refractivity contribution is -0.124. The molecule has 0 saturated heterocycles. The van der Waals surface area contributed by atoms with Crippen molar-refractivity contribution in [3.05, 3.63) is 29.6 Å². The van der Waals surface area contributed by atoms with Crippen LogP contribution in [0.1, 0.15) is 18.9 Å². The van der Waals surface area contributed by atoms with Gasteiger partial charge in [0.2, 0.25) is 0 Å². The van der Waals surface area contributed by atoms with E-state index in [0.29, 0.717) is 18.5 Å². The summed E-state index contributed by atoms with van der Waals surface area (Å²) >= 11 is 0. The van der Waals surface area contributed by atoms with Gasteiger partial charge in [-0.1, -0.05) is 19.1 Å². The molecule has 0 aliphatic heterocycles. The van der Waals surface area contributed by atoms with Crippen molar-refractivity contribution in [2.24, 2.45) is 5.73 Å². The van der Waals surface area contributed by atoms with Gasteiger partial charge < -0.3 is 15.8 Å². The number of carbonyl (C=O) groups excluding carboxylic acids is 1. The number of halogens is 1. The van der Waals surface area contributed by atoms with Crippen LogP contribution in [-0.2, 0) is 11.3 Å². The fourth-order valence-electron chi connectivity index (χ4n) is 1.50. The summed E-state index contributed by atoms with van der Waals surface area (Å²) in [5.74, 6) is -0.990. The third-order valence-corrected chi connectivity index (χ3v) is 2.36. The van der Waals surface area contributed by atoms with Crippen LogP contribution in [0.25, 0.3) is 0 Å². The van der Waals surface area contributed by atoms with Gasteiger partial charge in [0, 0.05) is 12.1 Å². The molecule has 1 atom stereocenters. The summed E-state index contributed by atoms with van der Waals surface area (Å²) in [6.07, 6.45) is -0.398. The van der Waals surface area contributed by atoms with E-state index in [4.69, 9.17) is 10.5 Å². The molecule has 94 valence electrons. The second kappa shape index (κ2) is 6.20. The third-order valence-electron chi connectivity index (χ3n) is 2.36. The lowest BCUT2D eigenvalue weighted by atomic mass is 10.2. The molecule has 4 nitrogen and oxygen atoms in total. The Hall–Kier alpha value is -1.62. The van der Waals surface area contributed by atoms with Crippen LogP contribution >= 0.6 is 0 Å². The highest BCUT2D eigenvalue weighted by Crippen LogP contribution is 2.24. The van der Waals surface area contributed by atoms with Crippen LogP contribution in [0, 0.1) is 5.82 Å². The second-order valence-electron chi connectivity index (χ2n) is 3.68. The van der Waals surface area contributed by atoms with Crippen LogP contribution in [-0.4, -0.2) is 19.1 Å². The fraction of sp³-hybridized carbons (Fsp3) is 0.417. The Kier molecular flexibility index (Phi) is 4.90. The van der Waals surface area contributed by atoms with Gasteiger partial charge in [0.25, 0.3) is 5.91 Å². The Bertz CT molecular complexity index is 396. The van der Waals surface area contributed by atoms with Crippen molar-refractivity contribution < 1.29 is 13.9 Å². The minimum absolute atomic E-state index is 0.0903. The average Bonchev–Trinajstić information content (AvgIpc) is 2.28. The summed E-state index contributed by atoms with van der Waals surface area (Å²) in [5.41, 5.74) is 5.83. The summed E-state index contributed by atoms with van der Waals surface area (Å²) in [6.45, 7) is 2.22. The van der Waals surface area contributed by atoms with Crippen molar-refractivity contribution in [2.45, 2.75) is 26.0 Å². The molecule has 3 N–H and O–H groups in total. The van der Waals surface area contributed by atoms with Crippen LogP contribution in [0.5, 0.6) is 5.75 Å². The summed E-state index contributed by atoms with van der Waals surface area (Å²) in [6, 6.07) is 4.63. The van der Waals surface area contributed by atoms with Gasteiger partial charge in [-0.2, -0.15) is 0 Å². The van der Waals surface area contributed by atoms with Crippen molar-refractivity contribution in [3.63, 3.8) is 0 Å². The zero-order valence-electron chi connectivity index (χ0n) is 10.00. The quantitative estimate of drug-likeness (QED) is 0.785. The number of carbonyl (C=O) groups is 1. The predicted octanol–water partition coefficient (Wildman–Crippen LogP) is 1.19. The number of hydrogen-bond acceptors (Lipinski definition) is 3. The van der Waals surface area contributed by atoms with E-state index < -0.39 is 17.8 Å². The Balaban J connectivity index is 2.98. The lowest BCUT2D eigenvalue weighted by Gasteiger charge is -2.17. The molecule has 1 rings (SSSR count). The van der Waals surface area contributed by atoms with Crippen LogP contribution in [0.4, 0.5) is 4.39 Å². The van der Waals surface area contributed by atoms with Crippen molar-refractivity contribution in [2.75, 3.05) is 7.05 Å². The largest absolute Gasteiger partial charge is 0.477 e. The molecule has 1 aromatic carbocycles. The van der Waals surface area contributed by atoms with E-state index in [1.54, 1.807) is 26.1 Å². The molecule has 1 unspecified atom stereocenters. The summed E-state index contributed by atoms with van der Waals surface area (Å²) in [5, 5.41) is 2.91. The maximum absolute atomic E-state index is 13.6. The summed E-state index contributed by atoms with van der Waals surface area (Å²) < 4.78 is 19.0. The number of rotatable bonds is 6. The maximum Gasteiger partial charge on any atom is 0.258 e. The van der Waals surface area contributed by atoms with E-state index in [0.717, 1.165) is 0 Å². The predicted molar refractivity (Wildman–Crippen MR) is 63.1 cm³/mol. The van der Waals surface area contributed by atoms with Gasteiger partial charge in [0.05, 0.1) is 0 Å². The highest BCUT2D eigenvalue weighted by Gasteiger charge is 2.18. The molecule has 0 aromatic heterocycles. The SMILES string of the molecule is CCC(Oc1c(F)cccc1CNC)C(N)=O. The Morgan fingerprint density at radius 1 is 1.59 bits per heavy atom. The standard InChI is InChI=1S/C12H17FN2O2/c1-3-10(12(14)16)17-11-8(7-15-2)5-4-6-9(11)13/h4-6,10,15H,3,7H2,1-2H3,(H2,14,16). The summed E-state index contributed by atoms with van der Waals surface area (Å²) in [7, 11) is 1.75. The van der Waals surface area contributed by atoms with E-state index in [1.165, 1.54) is 6.07 Å². The van der Waals surface area contributed by atoms with E-state index in [-0.39, 0.29) is 5.75 Å². The molecule has 5 heteroatoms. The molecule has 0 heterocycles. The second-order valence-corrected chi connectivity index (χ2v) is 3.68. The molecule has 1 aromatic rings. The van der Waals surface area contributed by atoms with E-state index in [9.17, 15) is 9.18 Å². The minimum atomic E-state index is -0.803. The smallest absolute Gasteiger partial charge is 0.258 e. The number of primary amides is 1. The highest BCUT2D eigenvalue weighted by atomic mass is 19.1. The first-order valence-electron chi connectivity index (χ1n) is 5.48. The Morgan fingerprint density at radius 2 is 2.29 bits per heavy atom. The van der Waals surface area contributed by atoms with Gasteiger partial charge in [0.1, 0.15) is 0 Å². The van der Waals surface area contributed by atoms with Gasteiger partial charge in [0.15, 0.2) is 17.7 Å². The molecular formula is C12H17FN2O2. The molecule has 0 spiro atoms. The third kappa shape index (κ3) is 3.42.